The van der Waals surface area contributed by atoms with E-state index in [4.69, 9.17) is 19.0 Å². The number of likely N-dealkylation sites (N-methyl/N-ethyl adjacent to an activating group) is 1. The van der Waals surface area contributed by atoms with Gasteiger partial charge in [-0.2, -0.15) is 5.06 Å². The smallest absolute Gasteiger partial charge is 0.327 e. The molecule has 14 heteroatoms. The van der Waals surface area contributed by atoms with Crippen LogP contribution in [0, 0.1) is 17.3 Å². The molecule has 1 aromatic rings. The fourth-order valence-corrected chi connectivity index (χ4v) is 7.96. The topological polar surface area (TPSA) is 176 Å². The molecule has 2 bridgehead atoms. The lowest BCUT2D eigenvalue weighted by Crippen LogP contribution is -2.71. The van der Waals surface area contributed by atoms with Crippen molar-refractivity contribution in [2.45, 2.75) is 94.0 Å². The molecule has 6 aliphatic rings. The molecule has 14 nitrogen and oxygen atoms in total. The minimum atomic E-state index is -1.55. The van der Waals surface area contributed by atoms with E-state index in [-0.39, 0.29) is 43.9 Å². The van der Waals surface area contributed by atoms with Crippen molar-refractivity contribution in [3.63, 3.8) is 0 Å². The van der Waals surface area contributed by atoms with E-state index < -0.39 is 71.6 Å². The van der Waals surface area contributed by atoms with Crippen LogP contribution in [0.2, 0.25) is 0 Å². The first-order valence-corrected chi connectivity index (χ1v) is 16.8. The number of aliphatic hydroxyl groups is 2. The van der Waals surface area contributed by atoms with Gasteiger partial charge in [-0.25, -0.2) is 0 Å². The lowest BCUT2D eigenvalue weighted by molar-refractivity contribution is -0.235. The van der Waals surface area contributed by atoms with E-state index in [1.54, 1.807) is 20.2 Å². The zero-order valence-electron chi connectivity index (χ0n) is 27.4. The van der Waals surface area contributed by atoms with E-state index in [1.807, 2.05) is 24.3 Å². The Balaban J connectivity index is 1.26. The van der Waals surface area contributed by atoms with E-state index >= 15 is 0 Å². The van der Waals surface area contributed by atoms with Gasteiger partial charge in [0.1, 0.15) is 35.9 Å². The molecule has 4 N–H and O–H groups in total. The Bertz CT molecular complexity index is 1480. The molecule has 260 valence electrons. The molecule has 3 aliphatic heterocycles. The van der Waals surface area contributed by atoms with Crippen molar-refractivity contribution >= 4 is 29.8 Å². The summed E-state index contributed by atoms with van der Waals surface area (Å²) in [5.41, 5.74) is -0.0922. The van der Waals surface area contributed by atoms with Gasteiger partial charge in [-0.15, -0.1) is 0 Å². The minimum Gasteiger partial charge on any atom is -0.458 e. The average Bonchev–Trinajstić information content (AvgIpc) is 4.00. The van der Waals surface area contributed by atoms with Crippen LogP contribution < -0.4 is 10.6 Å². The van der Waals surface area contributed by atoms with Crippen molar-refractivity contribution in [3.8, 4) is 0 Å². The standard InChI is InChI=1S/C34H44N4O10/c1-18(40)25(30(42)35-14-15-39)36-32(44)33-16-23-26-27(47-34(46-26,21-9-10-21)22-11-12-22)29(33)48-38(28(33)31(43)45-23)17-20-7-5-4-6-19(20)8-13-24(41)37(2)3/h4-8,13,18,21-23,25-29,39-40H,9-12,14-17H2,1-3H3,(H,35,42)(H,36,44). The Morgan fingerprint density at radius 3 is 2.44 bits per heavy atom. The molecule has 3 saturated heterocycles. The zero-order valence-corrected chi connectivity index (χ0v) is 27.4. The third kappa shape index (κ3) is 5.52. The van der Waals surface area contributed by atoms with Crippen LogP contribution in [-0.4, -0.2) is 120 Å². The van der Waals surface area contributed by atoms with E-state index in [2.05, 4.69) is 10.6 Å². The summed E-state index contributed by atoms with van der Waals surface area (Å²) in [6.45, 7) is 1.07. The van der Waals surface area contributed by atoms with Crippen molar-refractivity contribution in [2.24, 2.45) is 17.3 Å². The Morgan fingerprint density at radius 2 is 1.79 bits per heavy atom. The predicted octanol–water partition coefficient (Wildman–Crippen LogP) is -0.138. The van der Waals surface area contributed by atoms with Gasteiger partial charge in [-0.05, 0) is 49.8 Å². The van der Waals surface area contributed by atoms with Gasteiger partial charge in [0.25, 0.3) is 0 Å². The number of amides is 3. The predicted molar refractivity (Wildman–Crippen MR) is 167 cm³/mol. The van der Waals surface area contributed by atoms with Gasteiger partial charge in [0, 0.05) is 45.0 Å². The van der Waals surface area contributed by atoms with Gasteiger partial charge in [0.05, 0.1) is 19.3 Å². The average molecular weight is 669 g/mol. The van der Waals surface area contributed by atoms with Crippen LogP contribution in [0.25, 0.3) is 6.08 Å². The summed E-state index contributed by atoms with van der Waals surface area (Å²) < 4.78 is 19.7. The van der Waals surface area contributed by atoms with Crippen LogP contribution >= 0.6 is 0 Å². The molecular formula is C34H44N4O10. The lowest BCUT2D eigenvalue weighted by Gasteiger charge is -2.49. The van der Waals surface area contributed by atoms with Crippen LogP contribution in [-0.2, 0) is 44.8 Å². The molecule has 3 amide bonds. The maximum atomic E-state index is 14.7. The number of hydroxylamine groups is 2. The number of benzene rings is 1. The van der Waals surface area contributed by atoms with Gasteiger partial charge < -0.3 is 40.0 Å². The second-order valence-corrected chi connectivity index (χ2v) is 14.1. The fourth-order valence-electron chi connectivity index (χ4n) is 7.96. The number of ether oxygens (including phenoxy) is 3. The van der Waals surface area contributed by atoms with Crippen LogP contribution in [0.5, 0.6) is 0 Å². The maximum absolute atomic E-state index is 14.7. The monoisotopic (exact) mass is 668 g/mol. The number of hydrogen-bond donors (Lipinski definition) is 4. The van der Waals surface area contributed by atoms with Gasteiger partial charge >= 0.3 is 5.97 Å². The number of carbonyl (C=O) groups excluding carboxylic acids is 4. The van der Waals surface area contributed by atoms with Crippen LogP contribution in [0.15, 0.2) is 30.3 Å². The van der Waals surface area contributed by atoms with Gasteiger partial charge in [0.2, 0.25) is 17.7 Å². The van der Waals surface area contributed by atoms with Crippen molar-refractivity contribution in [2.75, 3.05) is 27.2 Å². The van der Waals surface area contributed by atoms with Gasteiger partial charge in [-0.1, -0.05) is 24.3 Å². The van der Waals surface area contributed by atoms with E-state index in [9.17, 15) is 29.4 Å². The molecule has 6 fully saturated rings. The number of nitrogens with one attached hydrogen (secondary N) is 2. The Kier molecular flexibility index (Phi) is 8.61. The summed E-state index contributed by atoms with van der Waals surface area (Å²) in [6, 6.07) is 4.80. The maximum Gasteiger partial charge on any atom is 0.327 e. The number of fused-ring (bicyclic) bond motifs is 4. The number of hydrogen-bond acceptors (Lipinski definition) is 11. The number of nitrogens with zero attached hydrogens (tertiary/aromatic N) is 2. The molecule has 3 aliphatic carbocycles. The van der Waals surface area contributed by atoms with Crippen molar-refractivity contribution in [1.82, 2.24) is 20.6 Å². The summed E-state index contributed by atoms with van der Waals surface area (Å²) in [4.78, 5) is 62.1. The van der Waals surface area contributed by atoms with E-state index in [0.29, 0.717) is 0 Å². The molecule has 1 aromatic carbocycles. The Morgan fingerprint density at radius 1 is 1.10 bits per heavy atom. The molecule has 8 unspecified atom stereocenters. The third-order valence-electron chi connectivity index (χ3n) is 10.6. The molecule has 0 aromatic heterocycles. The second kappa shape index (κ2) is 12.5. The molecule has 3 saturated carbocycles. The molecule has 0 spiro atoms. The number of rotatable bonds is 12. The molecule has 48 heavy (non-hydrogen) atoms. The SMILES string of the molecule is CC(O)C(NC(=O)C12CC3OC(=O)C1N(Cc1ccccc1C=CC(=O)N(C)C)OC2C1OC(C2CC2)(C2CC2)OC31)C(=O)NCCO. The van der Waals surface area contributed by atoms with Crippen molar-refractivity contribution < 1.29 is 48.4 Å². The second-order valence-electron chi connectivity index (χ2n) is 14.1. The first-order chi connectivity index (χ1) is 23.0. The van der Waals surface area contributed by atoms with Gasteiger partial charge in [0.15, 0.2) is 11.8 Å². The fraction of sp³-hybridized carbons (Fsp3) is 0.647. The molecule has 8 atom stereocenters. The molecule has 0 radical (unpaired) electrons. The highest BCUT2D eigenvalue weighted by Crippen LogP contribution is 2.63. The highest BCUT2D eigenvalue weighted by molar-refractivity contribution is 5.96. The highest BCUT2D eigenvalue weighted by Gasteiger charge is 2.78. The molecule has 3 heterocycles. The molecule has 7 rings (SSSR count). The van der Waals surface area contributed by atoms with Crippen LogP contribution in [0.3, 0.4) is 0 Å². The van der Waals surface area contributed by atoms with Crippen LogP contribution in [0.4, 0.5) is 0 Å². The lowest BCUT2D eigenvalue weighted by atomic mass is 9.62. The van der Waals surface area contributed by atoms with Crippen molar-refractivity contribution in [3.05, 3.63) is 41.5 Å². The quantitative estimate of drug-likeness (QED) is 0.172. The Hall–Kier alpha value is -3.40. The summed E-state index contributed by atoms with van der Waals surface area (Å²) in [5.74, 6) is -2.58. The van der Waals surface area contributed by atoms with Crippen molar-refractivity contribution in [1.29, 1.82) is 0 Å². The Labute approximate surface area is 278 Å². The number of esters is 1. The molecular weight excluding hydrogens is 624 g/mol. The normalized spacial score (nSPS) is 33.1. The summed E-state index contributed by atoms with van der Waals surface area (Å²) >= 11 is 0. The summed E-state index contributed by atoms with van der Waals surface area (Å²) in [6.07, 6.45) is 2.65. The summed E-state index contributed by atoms with van der Waals surface area (Å²) in [7, 11) is 3.32. The van der Waals surface area contributed by atoms with Gasteiger partial charge in [-0.3, -0.25) is 24.0 Å². The minimum absolute atomic E-state index is 0.0625. The van der Waals surface area contributed by atoms with E-state index in [0.717, 1.165) is 36.8 Å². The first kappa shape index (κ1) is 33.1. The van der Waals surface area contributed by atoms with E-state index in [1.165, 1.54) is 23.0 Å². The zero-order chi connectivity index (χ0) is 34.0. The first-order valence-electron chi connectivity index (χ1n) is 16.8. The largest absolute Gasteiger partial charge is 0.458 e. The number of aliphatic hydroxyl groups excluding tert-OH is 2. The number of carbonyl (C=O) groups is 4. The summed E-state index contributed by atoms with van der Waals surface area (Å²) in [5, 5.41) is 26.5. The van der Waals surface area contributed by atoms with Crippen LogP contribution in [0.1, 0.15) is 50.2 Å². The highest BCUT2D eigenvalue weighted by atomic mass is 16.8. The third-order valence-corrected chi connectivity index (χ3v) is 10.6.